The molecule has 0 spiro atoms. The smallest absolute Gasteiger partial charge is 0 e. The van der Waals surface area contributed by atoms with Gasteiger partial charge in [-0.2, -0.15) is 0 Å². The second-order valence-electron chi connectivity index (χ2n) is 13.1. The van der Waals surface area contributed by atoms with Crippen LogP contribution in [0.5, 0.6) is 0 Å². The van der Waals surface area contributed by atoms with Crippen LogP contribution in [0, 0.1) is 19.1 Å². The molecule has 245 valence electrons. The number of aromatic nitrogens is 2. The number of rotatable bonds is 7. The molecule has 0 aliphatic heterocycles. The molecule has 7 rings (SSSR count). The van der Waals surface area contributed by atoms with Gasteiger partial charge in [0, 0.05) is 31.7 Å². The van der Waals surface area contributed by atoms with Gasteiger partial charge in [0.05, 0.1) is 5.58 Å². The molecule has 0 N–H and O–H groups in total. The molecule has 48 heavy (non-hydrogen) atoms. The van der Waals surface area contributed by atoms with Crippen molar-refractivity contribution in [3.63, 3.8) is 0 Å². The number of pyridine rings is 2. The van der Waals surface area contributed by atoms with E-state index in [1.165, 1.54) is 26.6 Å². The van der Waals surface area contributed by atoms with Crippen molar-refractivity contribution in [2.75, 3.05) is 0 Å². The van der Waals surface area contributed by atoms with Crippen molar-refractivity contribution in [3.05, 3.63) is 139 Å². The quantitative estimate of drug-likeness (QED) is 0.118. The van der Waals surface area contributed by atoms with Crippen LogP contribution in [0.3, 0.4) is 0 Å². The monoisotopic (exact) mass is 869 g/mol. The molecule has 5 heteroatoms. The molecule has 0 saturated heterocycles. The van der Waals surface area contributed by atoms with E-state index in [0.29, 0.717) is 5.92 Å². The Morgan fingerprint density at radius 1 is 0.771 bits per heavy atom. The molecule has 3 aromatic heterocycles. The maximum absolute atomic E-state index is 6.38. The maximum Gasteiger partial charge on any atom is 0 e. The average molecular weight is 868 g/mol. The van der Waals surface area contributed by atoms with Gasteiger partial charge >= 0.3 is 106 Å². The summed E-state index contributed by atoms with van der Waals surface area (Å²) in [7, 11) is 0. The fourth-order valence-corrected chi connectivity index (χ4v) is 10.1. The van der Waals surface area contributed by atoms with Crippen molar-refractivity contribution in [3.8, 4) is 33.6 Å². The summed E-state index contributed by atoms with van der Waals surface area (Å²) in [4.78, 5) is 9.26. The molecule has 0 bridgehead atoms. The van der Waals surface area contributed by atoms with E-state index in [9.17, 15) is 0 Å². The van der Waals surface area contributed by atoms with Gasteiger partial charge in [-0.15, -0.1) is 18.2 Å². The molecular weight excluding hydrogens is 825 g/mol. The standard InChI is InChI=1S/C28H24NO.C15H18GeN.Ir/c1-3-19(4-2)21-16-17-29-25(18-21)23-13-8-14-24-27-22(20-10-6-5-7-11-20)12-9-15-26(27)30-28(23)24;1-12-10-15(13-8-6-5-7-9-13)17-11-14(12)16(2,3)4;/h5-12,14-19H,3-4H2,1-2H3;5-8,10-11H,1-4H3;/q2*-1;. The summed E-state index contributed by atoms with van der Waals surface area (Å²) in [5.41, 5.74) is 10.8. The van der Waals surface area contributed by atoms with Gasteiger partial charge < -0.3 is 9.40 Å². The van der Waals surface area contributed by atoms with Gasteiger partial charge in [0.1, 0.15) is 5.58 Å². The first kappa shape index (κ1) is 35.5. The van der Waals surface area contributed by atoms with Crippen LogP contribution in [-0.4, -0.2) is 23.2 Å². The molecule has 3 nitrogen and oxygen atoms in total. The minimum Gasteiger partial charge on any atom is 0 e. The van der Waals surface area contributed by atoms with Gasteiger partial charge in [-0.05, 0) is 47.7 Å². The van der Waals surface area contributed by atoms with E-state index in [1.807, 2.05) is 42.6 Å². The zero-order chi connectivity index (χ0) is 33.0. The Labute approximate surface area is 301 Å². The number of aryl methyl sites for hydroxylation is 1. The molecule has 0 atom stereocenters. The van der Waals surface area contributed by atoms with E-state index in [4.69, 9.17) is 4.42 Å². The van der Waals surface area contributed by atoms with Crippen molar-refractivity contribution >= 4 is 39.6 Å². The fourth-order valence-electron chi connectivity index (χ4n) is 6.48. The summed E-state index contributed by atoms with van der Waals surface area (Å²) in [6, 6.07) is 42.0. The first-order valence-electron chi connectivity index (χ1n) is 16.6. The predicted molar refractivity (Wildman–Crippen MR) is 201 cm³/mol. The number of benzene rings is 4. The Hall–Kier alpha value is -3.83. The molecule has 0 amide bonds. The molecule has 7 aromatic rings. The third-order valence-electron chi connectivity index (χ3n) is 8.94. The summed E-state index contributed by atoms with van der Waals surface area (Å²) < 4.78 is 7.87. The molecule has 3 heterocycles. The van der Waals surface area contributed by atoms with E-state index in [1.54, 1.807) is 0 Å². The van der Waals surface area contributed by atoms with Crippen LogP contribution in [0.2, 0.25) is 17.3 Å². The van der Waals surface area contributed by atoms with E-state index in [2.05, 4.69) is 133 Å². The zero-order valence-corrected chi connectivity index (χ0v) is 33.1. The number of nitrogens with zero attached hydrogens (tertiary/aromatic N) is 2. The minimum absolute atomic E-state index is 0. The molecule has 0 unspecified atom stereocenters. The topological polar surface area (TPSA) is 38.9 Å². The van der Waals surface area contributed by atoms with Crippen LogP contribution in [0.15, 0.2) is 120 Å². The molecule has 0 fully saturated rings. The van der Waals surface area contributed by atoms with Crippen LogP contribution < -0.4 is 4.40 Å². The average Bonchev–Trinajstić information content (AvgIpc) is 3.49. The fraction of sp³-hybridized carbons (Fsp3) is 0.209. The Kier molecular flexibility index (Phi) is 11.5. The number of hydrogen-bond acceptors (Lipinski definition) is 3. The van der Waals surface area contributed by atoms with Gasteiger partial charge in [-0.25, -0.2) is 0 Å². The summed E-state index contributed by atoms with van der Waals surface area (Å²) >= 11 is -1.77. The first-order chi connectivity index (χ1) is 22.8. The van der Waals surface area contributed by atoms with Crippen molar-refractivity contribution in [1.82, 2.24) is 9.97 Å². The van der Waals surface area contributed by atoms with E-state index in [0.717, 1.165) is 57.3 Å². The summed E-state index contributed by atoms with van der Waals surface area (Å²) in [5, 5.41) is 2.25. The summed E-state index contributed by atoms with van der Waals surface area (Å²) in [6.07, 6.45) is 6.23. The molecule has 4 aromatic carbocycles. The van der Waals surface area contributed by atoms with Gasteiger partial charge in [-0.1, -0.05) is 78.9 Å². The van der Waals surface area contributed by atoms with Gasteiger partial charge in [0.2, 0.25) is 0 Å². The van der Waals surface area contributed by atoms with E-state index < -0.39 is 13.3 Å². The van der Waals surface area contributed by atoms with Crippen molar-refractivity contribution in [1.29, 1.82) is 0 Å². The van der Waals surface area contributed by atoms with Crippen LogP contribution in [0.4, 0.5) is 0 Å². The molecule has 0 aliphatic carbocycles. The minimum atomic E-state index is -1.77. The second-order valence-corrected chi connectivity index (χ2v) is 23.7. The normalized spacial score (nSPS) is 11.3. The van der Waals surface area contributed by atoms with Crippen LogP contribution >= 0.6 is 0 Å². The third-order valence-corrected chi connectivity index (χ3v) is 13.4. The van der Waals surface area contributed by atoms with Gasteiger partial charge in [0.15, 0.2) is 0 Å². The summed E-state index contributed by atoms with van der Waals surface area (Å²) in [5.74, 6) is 7.75. The van der Waals surface area contributed by atoms with Crippen molar-refractivity contribution in [2.45, 2.75) is 56.8 Å². The molecular formula is C43H42GeIrN2O-2. The second kappa shape index (κ2) is 15.6. The van der Waals surface area contributed by atoms with Crippen LogP contribution in [0.25, 0.3) is 55.6 Å². The Morgan fingerprint density at radius 3 is 2.23 bits per heavy atom. The van der Waals surface area contributed by atoms with Crippen molar-refractivity contribution in [2.24, 2.45) is 0 Å². The summed E-state index contributed by atoms with van der Waals surface area (Å²) in [6.45, 7) is 6.68. The van der Waals surface area contributed by atoms with Gasteiger partial charge in [0.25, 0.3) is 0 Å². The molecule has 0 aliphatic rings. The number of fused-ring (bicyclic) bond motifs is 3. The largest absolute Gasteiger partial charge is 0 e. The van der Waals surface area contributed by atoms with Crippen molar-refractivity contribution < 1.29 is 24.5 Å². The molecule has 0 saturated carbocycles. The van der Waals surface area contributed by atoms with Crippen LogP contribution in [-0.2, 0) is 20.1 Å². The van der Waals surface area contributed by atoms with Crippen LogP contribution in [0.1, 0.15) is 43.7 Å². The molecule has 1 radical (unpaired) electrons. The first-order valence-corrected chi connectivity index (χ1v) is 23.9. The van der Waals surface area contributed by atoms with Gasteiger partial charge in [-0.3, -0.25) is 0 Å². The Morgan fingerprint density at radius 2 is 1.54 bits per heavy atom. The Bertz CT molecular complexity index is 2110. The number of hydrogen-bond donors (Lipinski definition) is 0. The van der Waals surface area contributed by atoms with E-state index >= 15 is 0 Å². The predicted octanol–water partition coefficient (Wildman–Crippen LogP) is 11.4. The Balaban J connectivity index is 0.000000214. The third kappa shape index (κ3) is 7.57. The SMILES string of the molecule is CCC(CC)c1ccnc(-c2[c-]ccc3c2oc2cccc(-c4ccccc4)c23)c1.Cc1cc(-c2[c-]cccc2)nc[c]1[Ge]([CH3])([CH3])[CH3].[Ir]. The zero-order valence-electron chi connectivity index (χ0n) is 28.6. The maximum atomic E-state index is 6.38. The van der Waals surface area contributed by atoms with E-state index in [-0.39, 0.29) is 20.1 Å². The number of furan rings is 1.